The molecule has 0 fully saturated rings. The SMILES string of the molecule is CCCN(CC)CCNc1cc(C(=O)O)ccc1N. The zero-order valence-corrected chi connectivity index (χ0v) is 11.6. The van der Waals surface area contributed by atoms with Crippen LogP contribution in [0, 0.1) is 0 Å². The van der Waals surface area contributed by atoms with Crippen molar-refractivity contribution in [1.82, 2.24) is 4.90 Å². The summed E-state index contributed by atoms with van der Waals surface area (Å²) in [6.07, 6.45) is 1.13. The number of hydrogen-bond donors (Lipinski definition) is 3. The van der Waals surface area contributed by atoms with Gasteiger partial charge < -0.3 is 21.1 Å². The van der Waals surface area contributed by atoms with E-state index in [4.69, 9.17) is 10.8 Å². The summed E-state index contributed by atoms with van der Waals surface area (Å²) in [5, 5.41) is 12.1. The van der Waals surface area contributed by atoms with Gasteiger partial charge in [-0.2, -0.15) is 0 Å². The third-order valence-electron chi connectivity index (χ3n) is 3.03. The first-order valence-electron chi connectivity index (χ1n) is 6.67. The monoisotopic (exact) mass is 265 g/mol. The molecule has 0 aliphatic heterocycles. The van der Waals surface area contributed by atoms with Crippen LogP contribution in [0.1, 0.15) is 30.6 Å². The molecule has 0 atom stereocenters. The third-order valence-corrected chi connectivity index (χ3v) is 3.03. The lowest BCUT2D eigenvalue weighted by atomic mass is 10.1. The summed E-state index contributed by atoms with van der Waals surface area (Å²) in [5.74, 6) is -0.941. The van der Waals surface area contributed by atoms with Gasteiger partial charge >= 0.3 is 5.97 Å². The number of carbonyl (C=O) groups is 1. The number of anilines is 2. The van der Waals surface area contributed by atoms with Crippen LogP contribution in [0.3, 0.4) is 0 Å². The molecule has 0 radical (unpaired) electrons. The maximum atomic E-state index is 10.9. The van der Waals surface area contributed by atoms with Gasteiger partial charge in [0.1, 0.15) is 0 Å². The van der Waals surface area contributed by atoms with Crippen molar-refractivity contribution in [2.75, 3.05) is 37.2 Å². The second-order valence-electron chi connectivity index (χ2n) is 4.47. The first kappa shape index (κ1) is 15.3. The van der Waals surface area contributed by atoms with E-state index in [9.17, 15) is 4.79 Å². The maximum absolute atomic E-state index is 10.9. The van der Waals surface area contributed by atoms with Crippen molar-refractivity contribution < 1.29 is 9.90 Å². The zero-order chi connectivity index (χ0) is 14.3. The number of likely N-dealkylation sites (N-methyl/N-ethyl adjacent to an activating group) is 1. The van der Waals surface area contributed by atoms with Crippen molar-refractivity contribution in [2.24, 2.45) is 0 Å². The topological polar surface area (TPSA) is 78.6 Å². The molecule has 0 aliphatic carbocycles. The lowest BCUT2D eigenvalue weighted by Crippen LogP contribution is -2.29. The first-order chi connectivity index (χ1) is 9.08. The normalized spacial score (nSPS) is 10.7. The highest BCUT2D eigenvalue weighted by atomic mass is 16.4. The van der Waals surface area contributed by atoms with E-state index in [0.717, 1.165) is 32.6 Å². The Morgan fingerprint density at radius 2 is 2.11 bits per heavy atom. The van der Waals surface area contributed by atoms with E-state index < -0.39 is 5.97 Å². The second-order valence-corrected chi connectivity index (χ2v) is 4.47. The Balaban J connectivity index is 2.57. The average Bonchev–Trinajstić information content (AvgIpc) is 2.39. The molecule has 0 heterocycles. The molecule has 5 nitrogen and oxygen atoms in total. The van der Waals surface area contributed by atoms with Crippen molar-refractivity contribution in [3.05, 3.63) is 23.8 Å². The van der Waals surface area contributed by atoms with Crippen LogP contribution in [0.15, 0.2) is 18.2 Å². The van der Waals surface area contributed by atoms with Gasteiger partial charge in [-0.3, -0.25) is 0 Å². The minimum absolute atomic E-state index is 0.248. The standard InChI is InChI=1S/C14H23N3O2/c1-3-8-17(4-2)9-7-16-13-10-11(14(18)19)5-6-12(13)15/h5-6,10,16H,3-4,7-9,15H2,1-2H3,(H,18,19). The fourth-order valence-corrected chi connectivity index (χ4v) is 1.94. The van der Waals surface area contributed by atoms with Crippen LogP contribution in [0.2, 0.25) is 0 Å². The van der Waals surface area contributed by atoms with Gasteiger partial charge in [0.15, 0.2) is 0 Å². The summed E-state index contributed by atoms with van der Waals surface area (Å²) in [6, 6.07) is 4.71. The molecule has 4 N–H and O–H groups in total. The fourth-order valence-electron chi connectivity index (χ4n) is 1.94. The number of nitrogen functional groups attached to an aromatic ring is 1. The van der Waals surface area contributed by atoms with E-state index in [2.05, 4.69) is 24.1 Å². The largest absolute Gasteiger partial charge is 0.478 e. The molecule has 0 saturated heterocycles. The molecule has 0 saturated carbocycles. The highest BCUT2D eigenvalue weighted by molar-refractivity contribution is 5.90. The Hall–Kier alpha value is -1.75. The molecule has 0 spiro atoms. The van der Waals surface area contributed by atoms with Gasteiger partial charge in [0.05, 0.1) is 16.9 Å². The molecule has 106 valence electrons. The van der Waals surface area contributed by atoms with Crippen LogP contribution in [0.25, 0.3) is 0 Å². The molecular formula is C14H23N3O2. The Labute approximate surface area is 114 Å². The molecule has 1 rings (SSSR count). The Bertz CT molecular complexity index is 421. The lowest BCUT2D eigenvalue weighted by Gasteiger charge is -2.20. The number of carboxylic acids is 1. The van der Waals surface area contributed by atoms with Crippen LogP contribution in [0.4, 0.5) is 11.4 Å². The molecule has 1 aromatic carbocycles. The summed E-state index contributed by atoms with van der Waals surface area (Å²) >= 11 is 0. The van der Waals surface area contributed by atoms with Gasteiger partial charge in [-0.15, -0.1) is 0 Å². The summed E-state index contributed by atoms with van der Waals surface area (Å²) in [5.41, 5.74) is 7.34. The van der Waals surface area contributed by atoms with E-state index in [1.165, 1.54) is 6.07 Å². The van der Waals surface area contributed by atoms with E-state index in [-0.39, 0.29) is 5.56 Å². The summed E-state index contributed by atoms with van der Waals surface area (Å²) in [6.45, 7) is 8.05. The van der Waals surface area contributed by atoms with E-state index in [1.807, 2.05) is 0 Å². The quantitative estimate of drug-likeness (QED) is 0.627. The molecule has 0 bridgehead atoms. The molecule has 0 unspecified atom stereocenters. The number of rotatable bonds is 8. The van der Waals surface area contributed by atoms with Gasteiger partial charge in [0.25, 0.3) is 0 Å². The minimum atomic E-state index is -0.941. The van der Waals surface area contributed by atoms with Crippen molar-refractivity contribution in [2.45, 2.75) is 20.3 Å². The van der Waals surface area contributed by atoms with Gasteiger partial charge in [-0.25, -0.2) is 4.79 Å². The van der Waals surface area contributed by atoms with Gasteiger partial charge in [-0.1, -0.05) is 13.8 Å². The Morgan fingerprint density at radius 1 is 1.37 bits per heavy atom. The Kier molecular flexibility index (Phi) is 6.15. The summed E-state index contributed by atoms with van der Waals surface area (Å²) in [4.78, 5) is 13.2. The predicted molar refractivity (Wildman–Crippen MR) is 78.7 cm³/mol. The predicted octanol–water partition coefficient (Wildman–Crippen LogP) is 2.11. The summed E-state index contributed by atoms with van der Waals surface area (Å²) in [7, 11) is 0. The van der Waals surface area contributed by atoms with Crippen LogP contribution < -0.4 is 11.1 Å². The third kappa shape index (κ3) is 4.79. The molecular weight excluding hydrogens is 242 g/mol. The number of hydrogen-bond acceptors (Lipinski definition) is 4. The van der Waals surface area contributed by atoms with Crippen LogP contribution >= 0.6 is 0 Å². The summed E-state index contributed by atoms with van der Waals surface area (Å²) < 4.78 is 0. The van der Waals surface area contributed by atoms with Crippen molar-refractivity contribution >= 4 is 17.3 Å². The highest BCUT2D eigenvalue weighted by Crippen LogP contribution is 2.19. The highest BCUT2D eigenvalue weighted by Gasteiger charge is 2.07. The van der Waals surface area contributed by atoms with Crippen LogP contribution in [-0.4, -0.2) is 42.2 Å². The zero-order valence-electron chi connectivity index (χ0n) is 11.6. The molecule has 19 heavy (non-hydrogen) atoms. The van der Waals surface area contributed by atoms with Crippen LogP contribution in [-0.2, 0) is 0 Å². The van der Waals surface area contributed by atoms with E-state index in [0.29, 0.717) is 11.4 Å². The fraction of sp³-hybridized carbons (Fsp3) is 0.500. The number of aromatic carboxylic acids is 1. The molecule has 1 aromatic rings. The number of nitrogens with zero attached hydrogens (tertiary/aromatic N) is 1. The minimum Gasteiger partial charge on any atom is -0.478 e. The van der Waals surface area contributed by atoms with Crippen LogP contribution in [0.5, 0.6) is 0 Å². The molecule has 0 amide bonds. The van der Waals surface area contributed by atoms with E-state index >= 15 is 0 Å². The number of nitrogens with one attached hydrogen (secondary N) is 1. The molecule has 5 heteroatoms. The molecule has 0 aliphatic rings. The lowest BCUT2D eigenvalue weighted by molar-refractivity contribution is 0.0697. The van der Waals surface area contributed by atoms with Crippen molar-refractivity contribution in [3.63, 3.8) is 0 Å². The van der Waals surface area contributed by atoms with Crippen molar-refractivity contribution in [1.29, 1.82) is 0 Å². The van der Waals surface area contributed by atoms with Gasteiger partial charge in [0.2, 0.25) is 0 Å². The van der Waals surface area contributed by atoms with E-state index in [1.54, 1.807) is 12.1 Å². The van der Waals surface area contributed by atoms with Gasteiger partial charge in [-0.05, 0) is 37.7 Å². The maximum Gasteiger partial charge on any atom is 0.335 e. The first-order valence-corrected chi connectivity index (χ1v) is 6.67. The average molecular weight is 265 g/mol. The molecule has 0 aromatic heterocycles. The number of nitrogens with two attached hydrogens (primary N) is 1. The van der Waals surface area contributed by atoms with Gasteiger partial charge in [0, 0.05) is 13.1 Å². The number of benzene rings is 1. The van der Waals surface area contributed by atoms with Crippen molar-refractivity contribution in [3.8, 4) is 0 Å². The smallest absolute Gasteiger partial charge is 0.335 e. The number of carboxylic acid groups (broad SMARTS) is 1. The Morgan fingerprint density at radius 3 is 2.68 bits per heavy atom. The second kappa shape index (κ2) is 7.63.